The molecule has 0 aliphatic heterocycles. The van der Waals surface area contributed by atoms with Crippen molar-refractivity contribution in [1.82, 2.24) is 0 Å². The number of nitriles is 1. The molecule has 0 spiro atoms. The van der Waals surface area contributed by atoms with E-state index in [9.17, 15) is 4.79 Å². The zero-order chi connectivity index (χ0) is 13.1. The van der Waals surface area contributed by atoms with Crippen LogP contribution in [0.15, 0.2) is 30.4 Å². The van der Waals surface area contributed by atoms with Crippen LogP contribution in [0.5, 0.6) is 0 Å². The second-order valence-electron chi connectivity index (χ2n) is 4.49. The molecule has 18 heavy (non-hydrogen) atoms. The van der Waals surface area contributed by atoms with Gasteiger partial charge in [-0.05, 0) is 25.0 Å². The third kappa shape index (κ3) is 2.41. The molecule has 0 aromatic heterocycles. The van der Waals surface area contributed by atoms with Crippen LogP contribution in [-0.2, 0) is 4.79 Å². The van der Waals surface area contributed by atoms with Crippen molar-refractivity contribution in [2.45, 2.75) is 19.4 Å². The van der Waals surface area contributed by atoms with E-state index in [2.05, 4.69) is 11.4 Å². The maximum Gasteiger partial charge on any atom is 0.231 e. The molecular formula is C14H15N3O. The predicted octanol–water partition coefficient (Wildman–Crippen LogP) is 1.71. The Labute approximate surface area is 106 Å². The highest BCUT2D eigenvalue weighted by Gasteiger charge is 2.23. The maximum atomic E-state index is 12.0. The van der Waals surface area contributed by atoms with Gasteiger partial charge in [0.1, 0.15) is 6.07 Å². The summed E-state index contributed by atoms with van der Waals surface area (Å²) in [5.41, 5.74) is 7.65. The van der Waals surface area contributed by atoms with Crippen molar-refractivity contribution in [3.8, 4) is 6.07 Å². The van der Waals surface area contributed by atoms with Gasteiger partial charge in [-0.1, -0.05) is 24.3 Å². The third-order valence-electron chi connectivity index (χ3n) is 3.10. The molecule has 0 heterocycles. The number of nitrogens with zero attached hydrogens (tertiary/aromatic N) is 1. The smallest absolute Gasteiger partial charge is 0.231 e. The number of rotatable bonds is 2. The van der Waals surface area contributed by atoms with Crippen LogP contribution in [0.1, 0.15) is 17.5 Å². The first kappa shape index (κ1) is 12.3. The first-order valence-electron chi connectivity index (χ1n) is 5.86. The standard InChI is InChI=1S/C14H15N3O/c1-9-3-2-4-13(12(9)8-15)17-14(18)10-5-6-11(16)7-10/h2-6,10-11H,7,16H2,1H3,(H,17,18). The van der Waals surface area contributed by atoms with Crippen LogP contribution in [0.3, 0.4) is 0 Å². The Morgan fingerprint density at radius 1 is 1.50 bits per heavy atom. The molecule has 2 rings (SSSR count). The summed E-state index contributed by atoms with van der Waals surface area (Å²) in [6, 6.07) is 7.47. The first-order chi connectivity index (χ1) is 8.61. The highest BCUT2D eigenvalue weighted by Crippen LogP contribution is 2.22. The summed E-state index contributed by atoms with van der Waals surface area (Å²) in [5, 5.41) is 11.9. The number of aryl methyl sites for hydroxylation is 1. The molecule has 2 atom stereocenters. The molecule has 0 fully saturated rings. The number of nitrogens with one attached hydrogen (secondary N) is 1. The predicted molar refractivity (Wildman–Crippen MR) is 69.7 cm³/mol. The summed E-state index contributed by atoms with van der Waals surface area (Å²) in [6.07, 6.45) is 4.28. The van der Waals surface area contributed by atoms with Crippen LogP contribution in [0.2, 0.25) is 0 Å². The van der Waals surface area contributed by atoms with E-state index >= 15 is 0 Å². The van der Waals surface area contributed by atoms with E-state index in [1.807, 2.05) is 31.2 Å². The van der Waals surface area contributed by atoms with Gasteiger partial charge in [-0.3, -0.25) is 4.79 Å². The Balaban J connectivity index is 2.15. The van der Waals surface area contributed by atoms with Gasteiger partial charge in [0, 0.05) is 6.04 Å². The van der Waals surface area contributed by atoms with E-state index in [-0.39, 0.29) is 17.9 Å². The number of anilines is 1. The number of nitrogens with two attached hydrogens (primary N) is 1. The van der Waals surface area contributed by atoms with Gasteiger partial charge in [-0.25, -0.2) is 0 Å². The molecule has 1 aliphatic carbocycles. The molecule has 1 aliphatic rings. The van der Waals surface area contributed by atoms with E-state index in [1.54, 1.807) is 6.07 Å². The number of carbonyl (C=O) groups is 1. The van der Waals surface area contributed by atoms with Crippen molar-refractivity contribution < 1.29 is 4.79 Å². The van der Waals surface area contributed by atoms with Crippen LogP contribution in [-0.4, -0.2) is 11.9 Å². The molecule has 2 unspecified atom stereocenters. The summed E-state index contributed by atoms with van der Waals surface area (Å²) in [7, 11) is 0. The topological polar surface area (TPSA) is 78.9 Å². The fourth-order valence-corrected chi connectivity index (χ4v) is 2.07. The van der Waals surface area contributed by atoms with Gasteiger partial charge in [-0.2, -0.15) is 5.26 Å². The normalized spacial score (nSPS) is 21.6. The number of hydrogen-bond donors (Lipinski definition) is 2. The number of amides is 1. The van der Waals surface area contributed by atoms with E-state index in [4.69, 9.17) is 11.0 Å². The van der Waals surface area contributed by atoms with Gasteiger partial charge in [0.25, 0.3) is 0 Å². The fourth-order valence-electron chi connectivity index (χ4n) is 2.07. The largest absolute Gasteiger partial charge is 0.324 e. The molecule has 4 nitrogen and oxygen atoms in total. The second kappa shape index (κ2) is 5.03. The van der Waals surface area contributed by atoms with Gasteiger partial charge in [0.05, 0.1) is 17.2 Å². The number of carbonyl (C=O) groups excluding carboxylic acids is 1. The molecule has 0 radical (unpaired) electrons. The van der Waals surface area contributed by atoms with E-state index in [0.29, 0.717) is 17.7 Å². The molecule has 1 amide bonds. The zero-order valence-corrected chi connectivity index (χ0v) is 10.2. The number of benzene rings is 1. The van der Waals surface area contributed by atoms with Crippen molar-refractivity contribution >= 4 is 11.6 Å². The lowest BCUT2D eigenvalue weighted by Crippen LogP contribution is -2.24. The van der Waals surface area contributed by atoms with Crippen LogP contribution in [0.25, 0.3) is 0 Å². The Bertz CT molecular complexity index is 542. The van der Waals surface area contributed by atoms with Crippen molar-refractivity contribution in [3.05, 3.63) is 41.5 Å². The molecule has 1 aromatic carbocycles. The molecule has 3 N–H and O–H groups in total. The zero-order valence-electron chi connectivity index (χ0n) is 10.2. The minimum atomic E-state index is -0.202. The summed E-state index contributed by atoms with van der Waals surface area (Å²) in [4.78, 5) is 12.0. The lowest BCUT2D eigenvalue weighted by atomic mass is 10.0. The summed E-state index contributed by atoms with van der Waals surface area (Å²) in [5.74, 6) is -0.312. The highest BCUT2D eigenvalue weighted by molar-refractivity contribution is 5.95. The summed E-state index contributed by atoms with van der Waals surface area (Å²) < 4.78 is 0. The van der Waals surface area contributed by atoms with Crippen LogP contribution >= 0.6 is 0 Å². The molecular weight excluding hydrogens is 226 g/mol. The molecule has 0 saturated heterocycles. The van der Waals surface area contributed by atoms with Crippen LogP contribution in [0.4, 0.5) is 5.69 Å². The van der Waals surface area contributed by atoms with Gasteiger partial charge in [-0.15, -0.1) is 0 Å². The Hall–Kier alpha value is -2.12. The lowest BCUT2D eigenvalue weighted by molar-refractivity contribution is -0.118. The van der Waals surface area contributed by atoms with E-state index in [0.717, 1.165) is 5.56 Å². The first-order valence-corrected chi connectivity index (χ1v) is 5.86. The van der Waals surface area contributed by atoms with Gasteiger partial charge in [0.15, 0.2) is 0 Å². The van der Waals surface area contributed by atoms with E-state index < -0.39 is 0 Å². The summed E-state index contributed by atoms with van der Waals surface area (Å²) >= 11 is 0. The minimum Gasteiger partial charge on any atom is -0.324 e. The Kier molecular flexibility index (Phi) is 3.45. The van der Waals surface area contributed by atoms with Gasteiger partial charge >= 0.3 is 0 Å². The highest BCUT2D eigenvalue weighted by atomic mass is 16.1. The maximum absolute atomic E-state index is 12.0. The van der Waals surface area contributed by atoms with Crippen molar-refractivity contribution in [1.29, 1.82) is 5.26 Å². The van der Waals surface area contributed by atoms with Crippen LogP contribution in [0, 0.1) is 24.2 Å². The van der Waals surface area contributed by atoms with Crippen molar-refractivity contribution in [2.75, 3.05) is 5.32 Å². The monoisotopic (exact) mass is 241 g/mol. The Morgan fingerprint density at radius 2 is 2.28 bits per heavy atom. The summed E-state index contributed by atoms with van der Waals surface area (Å²) in [6.45, 7) is 1.85. The Morgan fingerprint density at radius 3 is 2.89 bits per heavy atom. The van der Waals surface area contributed by atoms with Gasteiger partial charge < -0.3 is 11.1 Å². The molecule has 1 aromatic rings. The van der Waals surface area contributed by atoms with Crippen molar-refractivity contribution in [2.24, 2.45) is 11.7 Å². The molecule has 0 saturated carbocycles. The molecule has 0 bridgehead atoms. The quantitative estimate of drug-likeness (QED) is 0.773. The minimum absolute atomic E-state index is 0.0475. The molecule has 4 heteroatoms. The van der Waals surface area contributed by atoms with Crippen molar-refractivity contribution in [3.63, 3.8) is 0 Å². The van der Waals surface area contributed by atoms with Crippen LogP contribution < -0.4 is 11.1 Å². The third-order valence-corrected chi connectivity index (χ3v) is 3.10. The average Bonchev–Trinajstić information content (AvgIpc) is 2.76. The van der Waals surface area contributed by atoms with E-state index in [1.165, 1.54) is 0 Å². The average molecular weight is 241 g/mol. The SMILES string of the molecule is Cc1cccc(NC(=O)C2C=CC(N)C2)c1C#N. The van der Waals surface area contributed by atoms with Gasteiger partial charge in [0.2, 0.25) is 5.91 Å². The molecule has 92 valence electrons. The second-order valence-corrected chi connectivity index (χ2v) is 4.49. The fraction of sp³-hybridized carbons (Fsp3) is 0.286. The number of hydrogen-bond acceptors (Lipinski definition) is 3. The lowest BCUT2D eigenvalue weighted by Gasteiger charge is -2.12.